The van der Waals surface area contributed by atoms with Crippen LogP contribution in [0.3, 0.4) is 0 Å². The van der Waals surface area contributed by atoms with E-state index in [9.17, 15) is 0 Å². The second-order valence-electron chi connectivity index (χ2n) is 3.09. The summed E-state index contributed by atoms with van der Waals surface area (Å²) in [6.45, 7) is 2.08. The average Bonchev–Trinajstić information content (AvgIpc) is 2.19. The van der Waals surface area contributed by atoms with Gasteiger partial charge in [0.2, 0.25) is 0 Å². The Kier molecular flexibility index (Phi) is 4.07. The number of nitrogen functional groups attached to an aromatic ring is 2. The third-order valence-electron chi connectivity index (χ3n) is 1.99. The normalized spacial score (nSPS) is 12.4. The van der Waals surface area contributed by atoms with Gasteiger partial charge in [-0.3, -0.25) is 0 Å². The Balaban J connectivity index is 2.72. The van der Waals surface area contributed by atoms with Crippen LogP contribution in [0.5, 0.6) is 5.75 Å². The molecule has 0 aliphatic carbocycles. The molecule has 78 valence electrons. The molecule has 0 amide bonds. The van der Waals surface area contributed by atoms with E-state index in [1.165, 1.54) is 0 Å². The number of benzene rings is 1. The lowest BCUT2D eigenvalue weighted by Crippen LogP contribution is -2.16. The summed E-state index contributed by atoms with van der Waals surface area (Å²) in [7, 11) is 0. The molecule has 0 radical (unpaired) electrons. The highest BCUT2D eigenvalue weighted by atomic mass is 79.9. The van der Waals surface area contributed by atoms with E-state index in [4.69, 9.17) is 16.2 Å². The van der Waals surface area contributed by atoms with Crippen LogP contribution in [0.25, 0.3) is 0 Å². The van der Waals surface area contributed by atoms with Crippen molar-refractivity contribution in [2.45, 2.75) is 19.4 Å². The van der Waals surface area contributed by atoms with Crippen molar-refractivity contribution in [2.75, 3.05) is 16.8 Å². The average molecular weight is 259 g/mol. The minimum atomic E-state index is 0.179. The van der Waals surface area contributed by atoms with E-state index in [-0.39, 0.29) is 6.10 Å². The third kappa shape index (κ3) is 2.80. The van der Waals surface area contributed by atoms with Crippen LogP contribution in [0, 0.1) is 0 Å². The van der Waals surface area contributed by atoms with Gasteiger partial charge in [-0.1, -0.05) is 22.9 Å². The number of anilines is 2. The van der Waals surface area contributed by atoms with Crippen LogP contribution in [-0.4, -0.2) is 11.4 Å². The van der Waals surface area contributed by atoms with Crippen molar-refractivity contribution < 1.29 is 4.74 Å². The van der Waals surface area contributed by atoms with E-state index < -0.39 is 0 Å². The van der Waals surface area contributed by atoms with Crippen molar-refractivity contribution in [2.24, 2.45) is 0 Å². The van der Waals surface area contributed by atoms with Gasteiger partial charge < -0.3 is 16.2 Å². The first-order chi connectivity index (χ1) is 6.67. The lowest BCUT2D eigenvalue weighted by molar-refractivity contribution is 0.223. The van der Waals surface area contributed by atoms with E-state index in [0.717, 1.165) is 17.5 Å². The zero-order valence-corrected chi connectivity index (χ0v) is 9.75. The fraction of sp³-hybridized carbons (Fsp3) is 0.400. The van der Waals surface area contributed by atoms with Gasteiger partial charge in [0.25, 0.3) is 0 Å². The third-order valence-corrected chi connectivity index (χ3v) is 2.71. The Morgan fingerprint density at radius 3 is 2.57 bits per heavy atom. The first-order valence-corrected chi connectivity index (χ1v) is 5.67. The second kappa shape index (κ2) is 5.10. The standard InChI is InChI=1S/C10H15BrN2O/c1-2-7(6-11)14-8-3-4-9(12)10(13)5-8/h3-5,7H,2,6,12-13H2,1H3. The van der Waals surface area contributed by atoms with Gasteiger partial charge in [0.15, 0.2) is 0 Å². The molecule has 4 N–H and O–H groups in total. The van der Waals surface area contributed by atoms with Crippen molar-refractivity contribution in [3.05, 3.63) is 18.2 Å². The summed E-state index contributed by atoms with van der Waals surface area (Å²) in [5.74, 6) is 0.767. The van der Waals surface area contributed by atoms with E-state index >= 15 is 0 Å². The van der Waals surface area contributed by atoms with E-state index in [2.05, 4.69) is 22.9 Å². The Morgan fingerprint density at radius 2 is 2.07 bits per heavy atom. The molecule has 1 atom stereocenters. The zero-order chi connectivity index (χ0) is 10.6. The molecule has 1 aromatic rings. The number of alkyl halides is 1. The first kappa shape index (κ1) is 11.2. The Hall–Kier alpha value is -0.900. The highest BCUT2D eigenvalue weighted by molar-refractivity contribution is 9.09. The van der Waals surface area contributed by atoms with Crippen LogP contribution in [-0.2, 0) is 0 Å². The van der Waals surface area contributed by atoms with E-state index in [0.29, 0.717) is 11.4 Å². The highest BCUT2D eigenvalue weighted by Gasteiger charge is 2.06. The minimum Gasteiger partial charge on any atom is -0.489 e. The smallest absolute Gasteiger partial charge is 0.121 e. The summed E-state index contributed by atoms with van der Waals surface area (Å²) in [6.07, 6.45) is 1.13. The summed E-state index contributed by atoms with van der Waals surface area (Å²) in [4.78, 5) is 0. The van der Waals surface area contributed by atoms with Crippen LogP contribution in [0.1, 0.15) is 13.3 Å². The van der Waals surface area contributed by atoms with Crippen LogP contribution in [0.4, 0.5) is 11.4 Å². The number of hydrogen-bond donors (Lipinski definition) is 2. The maximum atomic E-state index is 5.67. The van der Waals surface area contributed by atoms with Crippen LogP contribution in [0.2, 0.25) is 0 Å². The van der Waals surface area contributed by atoms with Crippen LogP contribution in [0.15, 0.2) is 18.2 Å². The van der Waals surface area contributed by atoms with Gasteiger partial charge in [-0.15, -0.1) is 0 Å². The topological polar surface area (TPSA) is 61.3 Å². The Bertz CT molecular complexity index is 300. The molecule has 0 fully saturated rings. The van der Waals surface area contributed by atoms with Gasteiger partial charge in [-0.05, 0) is 18.6 Å². The van der Waals surface area contributed by atoms with Gasteiger partial charge >= 0.3 is 0 Å². The lowest BCUT2D eigenvalue weighted by Gasteiger charge is -2.15. The maximum absolute atomic E-state index is 5.67. The molecule has 0 aliphatic rings. The van der Waals surface area contributed by atoms with Crippen molar-refractivity contribution in [3.63, 3.8) is 0 Å². The lowest BCUT2D eigenvalue weighted by atomic mass is 10.2. The number of hydrogen-bond acceptors (Lipinski definition) is 3. The number of rotatable bonds is 4. The highest BCUT2D eigenvalue weighted by Crippen LogP contribution is 2.23. The van der Waals surface area contributed by atoms with Gasteiger partial charge in [0.05, 0.1) is 11.4 Å². The molecule has 1 aromatic carbocycles. The maximum Gasteiger partial charge on any atom is 0.121 e. The predicted molar refractivity (Wildman–Crippen MR) is 63.8 cm³/mol. The SMILES string of the molecule is CCC(CBr)Oc1ccc(N)c(N)c1. The van der Waals surface area contributed by atoms with E-state index in [1.807, 2.05) is 6.07 Å². The molecule has 0 spiro atoms. The van der Waals surface area contributed by atoms with Crippen molar-refractivity contribution in [1.82, 2.24) is 0 Å². The van der Waals surface area contributed by atoms with Crippen molar-refractivity contribution in [1.29, 1.82) is 0 Å². The molecule has 0 saturated carbocycles. The van der Waals surface area contributed by atoms with Gasteiger partial charge in [0.1, 0.15) is 11.9 Å². The predicted octanol–water partition coefficient (Wildman–Crippen LogP) is 2.40. The zero-order valence-electron chi connectivity index (χ0n) is 8.16. The molecule has 1 unspecified atom stereocenters. The molecule has 0 saturated heterocycles. The number of halogens is 1. The summed E-state index contributed by atoms with van der Waals surface area (Å²) >= 11 is 3.39. The molecule has 0 aromatic heterocycles. The number of nitrogens with two attached hydrogens (primary N) is 2. The monoisotopic (exact) mass is 258 g/mol. The molecular formula is C10H15BrN2O. The summed E-state index contributed by atoms with van der Waals surface area (Å²) in [5, 5.41) is 0.813. The molecule has 14 heavy (non-hydrogen) atoms. The first-order valence-electron chi connectivity index (χ1n) is 4.55. The fourth-order valence-corrected chi connectivity index (χ4v) is 1.63. The quantitative estimate of drug-likeness (QED) is 0.644. The van der Waals surface area contributed by atoms with Gasteiger partial charge in [-0.2, -0.15) is 0 Å². The molecule has 0 heterocycles. The van der Waals surface area contributed by atoms with Gasteiger partial charge in [-0.25, -0.2) is 0 Å². The van der Waals surface area contributed by atoms with Gasteiger partial charge in [0, 0.05) is 11.4 Å². The largest absolute Gasteiger partial charge is 0.489 e. The summed E-state index contributed by atoms with van der Waals surface area (Å²) < 4.78 is 5.67. The fourth-order valence-electron chi connectivity index (χ4n) is 1.04. The molecule has 0 bridgehead atoms. The molecule has 3 nitrogen and oxygen atoms in total. The molecule has 0 aliphatic heterocycles. The van der Waals surface area contributed by atoms with Crippen LogP contribution < -0.4 is 16.2 Å². The van der Waals surface area contributed by atoms with Crippen molar-refractivity contribution >= 4 is 27.3 Å². The molecule has 1 rings (SSSR count). The van der Waals surface area contributed by atoms with E-state index in [1.54, 1.807) is 12.1 Å². The summed E-state index contributed by atoms with van der Waals surface area (Å²) in [6, 6.07) is 5.34. The van der Waals surface area contributed by atoms with Crippen molar-refractivity contribution in [3.8, 4) is 5.75 Å². The molecular weight excluding hydrogens is 244 g/mol. The van der Waals surface area contributed by atoms with Crippen LogP contribution >= 0.6 is 15.9 Å². The minimum absolute atomic E-state index is 0.179. The Morgan fingerprint density at radius 1 is 1.36 bits per heavy atom. The number of ether oxygens (including phenoxy) is 1. The summed E-state index contributed by atoms with van der Waals surface area (Å²) in [5.41, 5.74) is 12.4. The molecule has 4 heteroatoms. The Labute approximate surface area is 92.6 Å². The second-order valence-corrected chi connectivity index (χ2v) is 3.74.